The molecule has 1 aliphatic rings. The Labute approximate surface area is 135 Å². The molecule has 0 aliphatic heterocycles. The van der Waals surface area contributed by atoms with Crippen molar-refractivity contribution in [3.8, 4) is 11.1 Å². The Morgan fingerprint density at radius 1 is 1.04 bits per heavy atom. The van der Waals surface area contributed by atoms with E-state index >= 15 is 0 Å². The molecular weight excluding hydrogens is 290 g/mol. The summed E-state index contributed by atoms with van der Waals surface area (Å²) in [5.74, 6) is -0.300. The normalized spacial score (nSPS) is 14.8. The number of hydrogen-bond acceptors (Lipinski definition) is 3. The largest absolute Gasteiger partial charge is 0.396 e. The maximum Gasteiger partial charge on any atom is 0.251 e. The predicted octanol–water partition coefficient (Wildman–Crippen LogP) is 2.64. The molecule has 2 unspecified atom stereocenters. The number of rotatable bonds is 4. The monoisotopic (exact) mass is 309 g/mol. The van der Waals surface area contributed by atoms with Crippen molar-refractivity contribution in [1.82, 2.24) is 5.32 Å². The van der Waals surface area contributed by atoms with Gasteiger partial charge in [0, 0.05) is 29.3 Å². The van der Waals surface area contributed by atoms with Crippen LogP contribution in [-0.4, -0.2) is 29.4 Å². The van der Waals surface area contributed by atoms with Crippen LogP contribution < -0.4 is 5.32 Å². The van der Waals surface area contributed by atoms with Crippen LogP contribution in [0.1, 0.15) is 40.1 Å². The van der Waals surface area contributed by atoms with E-state index < -0.39 is 0 Å². The second kappa shape index (κ2) is 5.97. The van der Waals surface area contributed by atoms with Crippen LogP contribution in [0.2, 0.25) is 0 Å². The number of aliphatic hydroxyl groups excluding tert-OH is 1. The lowest BCUT2D eigenvalue weighted by molar-refractivity contribution is 0.0916. The molecule has 118 valence electrons. The molecule has 2 atom stereocenters. The lowest BCUT2D eigenvalue weighted by Gasteiger charge is -2.19. The first-order valence-corrected chi connectivity index (χ1v) is 7.72. The average Bonchev–Trinajstić information content (AvgIpc) is 2.86. The maximum absolute atomic E-state index is 12.5. The lowest BCUT2D eigenvalue weighted by Crippen LogP contribution is -2.38. The van der Waals surface area contributed by atoms with E-state index in [2.05, 4.69) is 5.32 Å². The average molecular weight is 309 g/mol. The molecule has 4 nitrogen and oxygen atoms in total. The highest BCUT2D eigenvalue weighted by Gasteiger charge is 2.27. The van der Waals surface area contributed by atoms with Gasteiger partial charge in [0.15, 0.2) is 5.78 Å². The minimum atomic E-state index is -0.232. The summed E-state index contributed by atoms with van der Waals surface area (Å²) in [6.45, 7) is 3.74. The van der Waals surface area contributed by atoms with E-state index in [9.17, 15) is 9.59 Å². The molecule has 4 heteroatoms. The summed E-state index contributed by atoms with van der Waals surface area (Å²) >= 11 is 0. The van der Waals surface area contributed by atoms with Crippen LogP contribution in [0.4, 0.5) is 0 Å². The van der Waals surface area contributed by atoms with Gasteiger partial charge in [0.1, 0.15) is 0 Å². The fourth-order valence-electron chi connectivity index (χ4n) is 2.76. The Kier molecular flexibility index (Phi) is 4.01. The van der Waals surface area contributed by atoms with E-state index in [4.69, 9.17) is 5.11 Å². The summed E-state index contributed by atoms with van der Waals surface area (Å²) in [5.41, 5.74) is 3.51. The molecule has 1 amide bonds. The summed E-state index contributed by atoms with van der Waals surface area (Å²) in [6, 6.07) is 12.5. The summed E-state index contributed by atoms with van der Waals surface area (Å²) in [6.07, 6.45) is 0. The number of fused-ring (bicyclic) bond motifs is 3. The van der Waals surface area contributed by atoms with Gasteiger partial charge in [0.2, 0.25) is 0 Å². The molecule has 3 rings (SSSR count). The topological polar surface area (TPSA) is 66.4 Å². The van der Waals surface area contributed by atoms with Crippen molar-refractivity contribution < 1.29 is 14.7 Å². The van der Waals surface area contributed by atoms with Crippen LogP contribution in [0.5, 0.6) is 0 Å². The highest BCUT2D eigenvalue weighted by Crippen LogP contribution is 2.36. The SMILES string of the molecule is CC(CO)C(C)NC(=O)c1ccc2c(c1)C(=O)c1ccccc1-2. The van der Waals surface area contributed by atoms with E-state index in [0.717, 1.165) is 11.1 Å². The molecule has 23 heavy (non-hydrogen) atoms. The van der Waals surface area contributed by atoms with Crippen molar-refractivity contribution in [2.24, 2.45) is 5.92 Å². The first-order valence-electron chi connectivity index (χ1n) is 7.72. The van der Waals surface area contributed by atoms with Gasteiger partial charge < -0.3 is 10.4 Å². The third kappa shape index (κ3) is 2.66. The molecule has 0 bridgehead atoms. The zero-order valence-electron chi connectivity index (χ0n) is 13.2. The standard InChI is InChI=1S/C19H19NO3/c1-11(10-21)12(2)20-19(23)13-7-8-15-14-5-3-4-6-16(14)18(22)17(15)9-13/h3-9,11-12,21H,10H2,1-2H3,(H,20,23). The number of benzene rings is 2. The Hall–Kier alpha value is -2.46. The molecule has 0 spiro atoms. The summed E-state index contributed by atoms with van der Waals surface area (Å²) in [5, 5.41) is 12.0. The third-order valence-corrected chi connectivity index (χ3v) is 4.49. The second-order valence-corrected chi connectivity index (χ2v) is 6.06. The highest BCUT2D eigenvalue weighted by atomic mass is 16.3. The maximum atomic E-state index is 12.5. The predicted molar refractivity (Wildman–Crippen MR) is 88.5 cm³/mol. The molecule has 2 aromatic carbocycles. The quantitative estimate of drug-likeness (QED) is 0.778. The Morgan fingerprint density at radius 3 is 2.39 bits per heavy atom. The summed E-state index contributed by atoms with van der Waals surface area (Å²) in [4.78, 5) is 24.8. The van der Waals surface area contributed by atoms with E-state index in [0.29, 0.717) is 16.7 Å². The number of amides is 1. The Morgan fingerprint density at radius 2 is 1.70 bits per heavy atom. The van der Waals surface area contributed by atoms with Crippen LogP contribution >= 0.6 is 0 Å². The van der Waals surface area contributed by atoms with Gasteiger partial charge in [-0.25, -0.2) is 0 Å². The molecule has 0 heterocycles. The summed E-state index contributed by atoms with van der Waals surface area (Å²) < 4.78 is 0. The van der Waals surface area contributed by atoms with Crippen LogP contribution in [0.15, 0.2) is 42.5 Å². The molecule has 0 saturated carbocycles. The lowest BCUT2D eigenvalue weighted by atomic mass is 10.0. The van der Waals surface area contributed by atoms with Crippen molar-refractivity contribution in [3.05, 3.63) is 59.2 Å². The minimum absolute atomic E-state index is 0.0133. The first-order chi connectivity index (χ1) is 11.0. The van der Waals surface area contributed by atoms with Gasteiger partial charge in [-0.3, -0.25) is 9.59 Å². The van der Waals surface area contributed by atoms with E-state index in [1.807, 2.05) is 44.2 Å². The van der Waals surface area contributed by atoms with Crippen LogP contribution in [0.25, 0.3) is 11.1 Å². The number of carbonyl (C=O) groups excluding carboxylic acids is 2. The van der Waals surface area contributed by atoms with E-state index in [1.165, 1.54) is 0 Å². The van der Waals surface area contributed by atoms with Crippen LogP contribution in [0, 0.1) is 5.92 Å². The fourth-order valence-corrected chi connectivity index (χ4v) is 2.76. The summed E-state index contributed by atoms with van der Waals surface area (Å²) in [7, 11) is 0. The molecule has 0 saturated heterocycles. The number of ketones is 1. The number of hydrogen-bond donors (Lipinski definition) is 2. The zero-order valence-corrected chi connectivity index (χ0v) is 13.2. The van der Waals surface area contributed by atoms with Gasteiger partial charge in [-0.2, -0.15) is 0 Å². The van der Waals surface area contributed by atoms with Crippen molar-refractivity contribution in [2.75, 3.05) is 6.61 Å². The van der Waals surface area contributed by atoms with E-state index in [1.54, 1.807) is 12.1 Å². The zero-order chi connectivity index (χ0) is 16.6. The van der Waals surface area contributed by atoms with Crippen molar-refractivity contribution in [2.45, 2.75) is 19.9 Å². The van der Waals surface area contributed by atoms with Gasteiger partial charge in [0.05, 0.1) is 0 Å². The van der Waals surface area contributed by atoms with E-state index in [-0.39, 0.29) is 30.3 Å². The number of nitrogens with one attached hydrogen (secondary N) is 1. The van der Waals surface area contributed by atoms with Crippen molar-refractivity contribution >= 4 is 11.7 Å². The van der Waals surface area contributed by atoms with Gasteiger partial charge in [-0.1, -0.05) is 37.3 Å². The van der Waals surface area contributed by atoms with Gasteiger partial charge in [0.25, 0.3) is 5.91 Å². The smallest absolute Gasteiger partial charge is 0.251 e. The number of carbonyl (C=O) groups is 2. The van der Waals surface area contributed by atoms with Crippen molar-refractivity contribution in [1.29, 1.82) is 0 Å². The van der Waals surface area contributed by atoms with Crippen molar-refractivity contribution in [3.63, 3.8) is 0 Å². The second-order valence-electron chi connectivity index (χ2n) is 6.06. The fraction of sp³-hybridized carbons (Fsp3) is 0.263. The third-order valence-electron chi connectivity index (χ3n) is 4.49. The molecule has 0 fully saturated rings. The van der Waals surface area contributed by atoms with Crippen LogP contribution in [-0.2, 0) is 0 Å². The minimum Gasteiger partial charge on any atom is -0.396 e. The molecule has 1 aliphatic carbocycles. The van der Waals surface area contributed by atoms with Gasteiger partial charge >= 0.3 is 0 Å². The van der Waals surface area contributed by atoms with Gasteiger partial charge in [-0.15, -0.1) is 0 Å². The van der Waals surface area contributed by atoms with Crippen LogP contribution in [0.3, 0.4) is 0 Å². The molecule has 2 aromatic rings. The van der Waals surface area contributed by atoms with Gasteiger partial charge in [-0.05, 0) is 36.1 Å². The first kappa shape index (κ1) is 15.4. The Balaban J connectivity index is 1.89. The Bertz CT molecular complexity index is 782. The molecule has 2 N–H and O–H groups in total. The molecule has 0 radical (unpaired) electrons. The number of aliphatic hydroxyl groups is 1. The molecule has 0 aromatic heterocycles. The molecular formula is C19H19NO3. The highest BCUT2D eigenvalue weighted by molar-refractivity contribution is 6.22.